The van der Waals surface area contributed by atoms with E-state index in [2.05, 4.69) is 7.05 Å². The van der Waals surface area contributed by atoms with Crippen LogP contribution in [0.2, 0.25) is 0 Å². The van der Waals surface area contributed by atoms with Gasteiger partial charge in [-0.05, 0) is 0 Å². The molecule has 1 heterocycles. The molecule has 1 aliphatic rings. The fourth-order valence-corrected chi connectivity index (χ4v) is 1.56. The van der Waals surface area contributed by atoms with E-state index in [0.29, 0.717) is 6.61 Å². The Morgan fingerprint density at radius 2 is 1.80 bits per heavy atom. The van der Waals surface area contributed by atoms with Gasteiger partial charge < -0.3 is 15.1 Å². The van der Waals surface area contributed by atoms with E-state index >= 15 is 0 Å². The SMILES string of the molecule is C[N+]1(CCO)CCCC1.[OH-]. The highest BCUT2D eigenvalue weighted by atomic mass is 16.3. The first-order valence-corrected chi connectivity index (χ1v) is 3.71. The Bertz CT molecular complexity index is 89.6. The highest BCUT2D eigenvalue weighted by Crippen LogP contribution is 2.14. The molecule has 3 heteroatoms. The van der Waals surface area contributed by atoms with Crippen molar-refractivity contribution in [1.29, 1.82) is 0 Å². The third kappa shape index (κ3) is 2.25. The van der Waals surface area contributed by atoms with Gasteiger partial charge in [0.1, 0.15) is 6.54 Å². The third-order valence-corrected chi connectivity index (χ3v) is 2.29. The van der Waals surface area contributed by atoms with Gasteiger partial charge >= 0.3 is 0 Å². The van der Waals surface area contributed by atoms with Crippen molar-refractivity contribution >= 4 is 0 Å². The molecule has 0 aromatic heterocycles. The Hall–Kier alpha value is -0.120. The van der Waals surface area contributed by atoms with Crippen LogP contribution in [0.25, 0.3) is 0 Å². The van der Waals surface area contributed by atoms with Gasteiger partial charge in [0.2, 0.25) is 0 Å². The molecule has 3 nitrogen and oxygen atoms in total. The molecule has 62 valence electrons. The number of quaternary nitrogens is 1. The van der Waals surface area contributed by atoms with E-state index in [0.717, 1.165) is 11.0 Å². The lowest BCUT2D eigenvalue weighted by atomic mass is 10.4. The normalized spacial score (nSPS) is 22.2. The summed E-state index contributed by atoms with van der Waals surface area (Å²) in [6.07, 6.45) is 2.69. The zero-order valence-corrected chi connectivity index (χ0v) is 6.58. The number of nitrogens with zero attached hydrogens (tertiary/aromatic N) is 1. The Morgan fingerprint density at radius 1 is 1.30 bits per heavy atom. The van der Waals surface area contributed by atoms with Crippen molar-refractivity contribution in [2.24, 2.45) is 0 Å². The largest absolute Gasteiger partial charge is 0.870 e. The summed E-state index contributed by atoms with van der Waals surface area (Å²) in [5.41, 5.74) is 0. The molecule has 2 N–H and O–H groups in total. The first-order valence-electron chi connectivity index (χ1n) is 3.71. The summed E-state index contributed by atoms with van der Waals surface area (Å²) < 4.78 is 1.09. The number of rotatable bonds is 2. The summed E-state index contributed by atoms with van der Waals surface area (Å²) in [7, 11) is 2.23. The maximum Gasteiger partial charge on any atom is 0.102 e. The summed E-state index contributed by atoms with van der Waals surface area (Å²) in [6, 6.07) is 0. The van der Waals surface area contributed by atoms with Crippen molar-refractivity contribution < 1.29 is 15.1 Å². The summed E-state index contributed by atoms with van der Waals surface area (Å²) in [4.78, 5) is 0. The van der Waals surface area contributed by atoms with Gasteiger partial charge in [0.05, 0.1) is 26.7 Å². The molecule has 0 aromatic carbocycles. The second kappa shape index (κ2) is 3.91. The predicted molar refractivity (Wildman–Crippen MR) is 39.0 cm³/mol. The lowest BCUT2D eigenvalue weighted by Crippen LogP contribution is -2.42. The van der Waals surface area contributed by atoms with E-state index in [4.69, 9.17) is 5.11 Å². The zero-order chi connectivity index (χ0) is 6.74. The highest BCUT2D eigenvalue weighted by molar-refractivity contribution is 4.50. The van der Waals surface area contributed by atoms with E-state index in [1.54, 1.807) is 0 Å². The molecule has 0 aromatic rings. The molecule has 1 aliphatic heterocycles. The Balaban J connectivity index is 0.000000810. The van der Waals surface area contributed by atoms with Crippen molar-refractivity contribution in [3.05, 3.63) is 0 Å². The van der Waals surface area contributed by atoms with E-state index < -0.39 is 0 Å². The molecule has 0 aliphatic carbocycles. The van der Waals surface area contributed by atoms with Crippen LogP contribution in [0.5, 0.6) is 0 Å². The highest BCUT2D eigenvalue weighted by Gasteiger charge is 2.25. The zero-order valence-electron chi connectivity index (χ0n) is 6.58. The van der Waals surface area contributed by atoms with Gasteiger partial charge in [-0.1, -0.05) is 0 Å². The van der Waals surface area contributed by atoms with Gasteiger partial charge in [0.25, 0.3) is 0 Å². The maximum atomic E-state index is 8.68. The molecule has 0 spiro atoms. The first-order chi connectivity index (χ1) is 4.27. The quantitative estimate of drug-likeness (QED) is 0.561. The Kier molecular flexibility index (Phi) is 3.86. The molecule has 0 amide bonds. The van der Waals surface area contributed by atoms with Gasteiger partial charge in [-0.25, -0.2) is 0 Å². The van der Waals surface area contributed by atoms with E-state index in [1.807, 2.05) is 0 Å². The first kappa shape index (κ1) is 9.88. The molecular weight excluding hydrogens is 130 g/mol. The van der Waals surface area contributed by atoms with Crippen LogP contribution in [0, 0.1) is 0 Å². The second-order valence-corrected chi connectivity index (χ2v) is 3.22. The lowest BCUT2D eigenvalue weighted by molar-refractivity contribution is -0.897. The van der Waals surface area contributed by atoms with Gasteiger partial charge in [-0.15, -0.1) is 0 Å². The molecule has 1 saturated heterocycles. The van der Waals surface area contributed by atoms with Crippen LogP contribution in [-0.2, 0) is 0 Å². The summed E-state index contributed by atoms with van der Waals surface area (Å²) in [6.45, 7) is 3.82. The van der Waals surface area contributed by atoms with Gasteiger partial charge in [-0.3, -0.25) is 0 Å². The third-order valence-electron chi connectivity index (χ3n) is 2.29. The van der Waals surface area contributed by atoms with Crippen LogP contribution in [-0.4, -0.2) is 48.4 Å². The summed E-state index contributed by atoms with van der Waals surface area (Å²) in [5, 5.41) is 8.68. The summed E-state index contributed by atoms with van der Waals surface area (Å²) in [5.74, 6) is 0. The molecular formula is C7H17NO2. The standard InChI is InChI=1S/C7H16NO.H2O/c1-8(6-7-9)4-2-3-5-8;/h9H,2-7H2,1H3;1H2/q+1;/p-1. The van der Waals surface area contributed by atoms with E-state index in [1.165, 1.54) is 25.9 Å². The average Bonchev–Trinajstić information content (AvgIpc) is 2.16. The minimum absolute atomic E-state index is 0. The summed E-state index contributed by atoms with van der Waals surface area (Å²) >= 11 is 0. The Morgan fingerprint density at radius 3 is 2.20 bits per heavy atom. The smallest absolute Gasteiger partial charge is 0.102 e. The van der Waals surface area contributed by atoms with Crippen molar-refractivity contribution in [1.82, 2.24) is 0 Å². The maximum absolute atomic E-state index is 8.68. The molecule has 0 saturated carbocycles. The van der Waals surface area contributed by atoms with Crippen LogP contribution in [0.3, 0.4) is 0 Å². The van der Waals surface area contributed by atoms with E-state index in [-0.39, 0.29) is 5.48 Å². The molecule has 0 atom stereocenters. The van der Waals surface area contributed by atoms with Crippen molar-refractivity contribution in [3.8, 4) is 0 Å². The van der Waals surface area contributed by atoms with Crippen LogP contribution in [0.1, 0.15) is 12.8 Å². The monoisotopic (exact) mass is 147 g/mol. The molecule has 0 unspecified atom stereocenters. The molecule has 1 rings (SSSR count). The van der Waals surface area contributed by atoms with E-state index in [9.17, 15) is 0 Å². The minimum Gasteiger partial charge on any atom is -0.870 e. The number of aliphatic hydroxyl groups excluding tert-OH is 1. The molecule has 0 radical (unpaired) electrons. The molecule has 0 bridgehead atoms. The second-order valence-electron chi connectivity index (χ2n) is 3.22. The minimum atomic E-state index is 0. The number of likely N-dealkylation sites (tertiary alicyclic amines) is 1. The Labute approximate surface area is 62.2 Å². The van der Waals surface area contributed by atoms with Crippen LogP contribution >= 0.6 is 0 Å². The van der Waals surface area contributed by atoms with Gasteiger partial charge in [0, 0.05) is 12.8 Å². The number of hydrogen-bond donors (Lipinski definition) is 1. The topological polar surface area (TPSA) is 50.2 Å². The van der Waals surface area contributed by atoms with Gasteiger partial charge in [0.15, 0.2) is 0 Å². The average molecular weight is 147 g/mol. The van der Waals surface area contributed by atoms with Crippen molar-refractivity contribution in [2.75, 3.05) is 33.3 Å². The lowest BCUT2D eigenvalue weighted by Gasteiger charge is -2.27. The fraction of sp³-hybridized carbons (Fsp3) is 1.00. The predicted octanol–water partition coefficient (Wildman–Crippen LogP) is 0.0423. The number of hydrogen-bond acceptors (Lipinski definition) is 2. The van der Waals surface area contributed by atoms with Gasteiger partial charge in [-0.2, -0.15) is 0 Å². The molecule has 1 fully saturated rings. The molecule has 10 heavy (non-hydrogen) atoms. The number of likely N-dealkylation sites (N-methyl/N-ethyl adjacent to an activating group) is 1. The number of aliphatic hydroxyl groups is 1. The van der Waals surface area contributed by atoms with Crippen LogP contribution in [0.15, 0.2) is 0 Å². The van der Waals surface area contributed by atoms with Crippen LogP contribution < -0.4 is 0 Å². The van der Waals surface area contributed by atoms with Crippen LogP contribution in [0.4, 0.5) is 0 Å². The van der Waals surface area contributed by atoms with Crippen molar-refractivity contribution in [3.63, 3.8) is 0 Å². The fourth-order valence-electron chi connectivity index (χ4n) is 1.56. The van der Waals surface area contributed by atoms with Crippen molar-refractivity contribution in [2.45, 2.75) is 12.8 Å².